The Balaban J connectivity index is 1.71. The first-order valence-electron chi connectivity index (χ1n) is 8.00. The molecule has 136 valence electrons. The molecule has 0 heterocycles. The van der Waals surface area contributed by atoms with Gasteiger partial charge in [0.25, 0.3) is 5.91 Å². The Bertz CT molecular complexity index is 773. The SMILES string of the molecule is CC(=O)Nc1ccc(C(=O)OCC(=O)NCCc2ccc(Cl)cc2)cc1. The molecule has 26 heavy (non-hydrogen) atoms. The third-order valence-electron chi connectivity index (χ3n) is 3.42. The minimum atomic E-state index is -0.604. The van der Waals surface area contributed by atoms with Gasteiger partial charge >= 0.3 is 5.97 Å². The molecule has 6 nitrogen and oxygen atoms in total. The van der Waals surface area contributed by atoms with Gasteiger partial charge in [0.2, 0.25) is 5.91 Å². The van der Waals surface area contributed by atoms with Crippen molar-refractivity contribution in [1.29, 1.82) is 0 Å². The summed E-state index contributed by atoms with van der Waals surface area (Å²) in [6, 6.07) is 13.6. The monoisotopic (exact) mass is 374 g/mol. The fraction of sp³-hybridized carbons (Fsp3) is 0.211. The number of benzene rings is 2. The highest BCUT2D eigenvalue weighted by Crippen LogP contribution is 2.11. The molecular formula is C19H19ClN2O4. The van der Waals surface area contributed by atoms with E-state index in [0.717, 1.165) is 5.56 Å². The summed E-state index contributed by atoms with van der Waals surface area (Å²) in [6.07, 6.45) is 0.654. The summed E-state index contributed by atoms with van der Waals surface area (Å²) < 4.78 is 4.97. The van der Waals surface area contributed by atoms with E-state index in [9.17, 15) is 14.4 Å². The van der Waals surface area contributed by atoms with E-state index in [1.165, 1.54) is 19.1 Å². The van der Waals surface area contributed by atoms with Crippen molar-refractivity contribution in [2.75, 3.05) is 18.5 Å². The summed E-state index contributed by atoms with van der Waals surface area (Å²) in [6.45, 7) is 1.48. The van der Waals surface area contributed by atoms with E-state index in [2.05, 4.69) is 10.6 Å². The standard InChI is InChI=1S/C19H19ClN2O4/c1-13(23)22-17-8-4-15(5-9-17)19(25)26-12-18(24)21-11-10-14-2-6-16(20)7-3-14/h2-9H,10-12H2,1H3,(H,21,24)(H,22,23). The highest BCUT2D eigenvalue weighted by molar-refractivity contribution is 6.30. The van der Waals surface area contributed by atoms with Crippen molar-refractivity contribution >= 4 is 35.1 Å². The zero-order valence-corrected chi connectivity index (χ0v) is 15.0. The van der Waals surface area contributed by atoms with Gasteiger partial charge in [0.15, 0.2) is 6.61 Å². The van der Waals surface area contributed by atoms with Gasteiger partial charge in [-0.3, -0.25) is 9.59 Å². The average molecular weight is 375 g/mol. The van der Waals surface area contributed by atoms with Crippen LogP contribution in [0.4, 0.5) is 5.69 Å². The lowest BCUT2D eigenvalue weighted by atomic mass is 10.1. The van der Waals surface area contributed by atoms with Gasteiger partial charge in [0, 0.05) is 24.2 Å². The number of hydrogen-bond acceptors (Lipinski definition) is 4. The van der Waals surface area contributed by atoms with Crippen molar-refractivity contribution in [3.8, 4) is 0 Å². The third-order valence-corrected chi connectivity index (χ3v) is 3.68. The first-order chi connectivity index (χ1) is 12.4. The summed E-state index contributed by atoms with van der Waals surface area (Å²) in [4.78, 5) is 34.6. The number of hydrogen-bond donors (Lipinski definition) is 2. The molecule has 0 bridgehead atoms. The Hall–Kier alpha value is -2.86. The Morgan fingerprint density at radius 3 is 2.27 bits per heavy atom. The number of ether oxygens (including phenoxy) is 1. The molecule has 2 aromatic carbocycles. The van der Waals surface area contributed by atoms with Crippen LogP contribution >= 0.6 is 11.6 Å². The molecule has 0 atom stereocenters. The van der Waals surface area contributed by atoms with Gasteiger partial charge in [-0.25, -0.2) is 4.79 Å². The smallest absolute Gasteiger partial charge is 0.338 e. The maximum Gasteiger partial charge on any atom is 0.338 e. The van der Waals surface area contributed by atoms with Crippen LogP contribution in [0.2, 0.25) is 5.02 Å². The van der Waals surface area contributed by atoms with Crippen LogP contribution in [0, 0.1) is 0 Å². The second-order valence-electron chi connectivity index (χ2n) is 5.56. The summed E-state index contributed by atoms with van der Waals surface area (Å²) in [5.41, 5.74) is 1.92. The van der Waals surface area contributed by atoms with Gasteiger partial charge in [-0.1, -0.05) is 23.7 Å². The van der Waals surface area contributed by atoms with Gasteiger partial charge in [-0.15, -0.1) is 0 Å². The maximum absolute atomic E-state index is 11.9. The van der Waals surface area contributed by atoms with Gasteiger partial charge in [0.1, 0.15) is 0 Å². The Labute approximate surface area is 156 Å². The molecule has 2 N–H and O–H groups in total. The topological polar surface area (TPSA) is 84.5 Å². The van der Waals surface area contributed by atoms with Gasteiger partial charge in [-0.05, 0) is 48.4 Å². The molecule has 0 aliphatic heterocycles. The normalized spacial score (nSPS) is 10.1. The largest absolute Gasteiger partial charge is 0.452 e. The molecule has 0 aliphatic rings. The molecule has 0 radical (unpaired) electrons. The van der Waals surface area contributed by atoms with Crippen LogP contribution in [0.5, 0.6) is 0 Å². The minimum absolute atomic E-state index is 0.199. The van der Waals surface area contributed by atoms with E-state index in [4.69, 9.17) is 16.3 Å². The lowest BCUT2D eigenvalue weighted by molar-refractivity contribution is -0.124. The zero-order chi connectivity index (χ0) is 18.9. The average Bonchev–Trinajstić information content (AvgIpc) is 2.61. The van der Waals surface area contributed by atoms with Crippen LogP contribution in [0.1, 0.15) is 22.8 Å². The second kappa shape index (κ2) is 9.58. The second-order valence-corrected chi connectivity index (χ2v) is 6.00. The van der Waals surface area contributed by atoms with Gasteiger partial charge in [0.05, 0.1) is 5.56 Å². The van der Waals surface area contributed by atoms with Crippen LogP contribution in [0.25, 0.3) is 0 Å². The molecule has 7 heteroatoms. The Kier molecular flexibility index (Phi) is 7.17. The molecule has 0 saturated carbocycles. The van der Waals surface area contributed by atoms with E-state index in [0.29, 0.717) is 29.2 Å². The van der Waals surface area contributed by atoms with E-state index in [-0.39, 0.29) is 18.4 Å². The van der Waals surface area contributed by atoms with Crippen LogP contribution in [-0.4, -0.2) is 30.9 Å². The third kappa shape index (κ3) is 6.57. The van der Waals surface area contributed by atoms with Crippen LogP contribution in [0.3, 0.4) is 0 Å². The van der Waals surface area contributed by atoms with Gasteiger partial charge in [-0.2, -0.15) is 0 Å². The van der Waals surface area contributed by atoms with E-state index >= 15 is 0 Å². The first kappa shape index (κ1) is 19.5. The fourth-order valence-corrected chi connectivity index (χ4v) is 2.28. The number of halogens is 1. The molecule has 2 aromatic rings. The number of nitrogens with one attached hydrogen (secondary N) is 2. The summed E-state index contributed by atoms with van der Waals surface area (Å²) in [5, 5.41) is 5.95. The molecule has 2 amide bonds. The van der Waals surface area contributed by atoms with E-state index < -0.39 is 5.97 Å². The number of amides is 2. The number of carbonyl (C=O) groups excluding carboxylic acids is 3. The summed E-state index contributed by atoms with van der Waals surface area (Å²) >= 11 is 5.81. The summed E-state index contributed by atoms with van der Waals surface area (Å²) in [7, 11) is 0. The number of anilines is 1. The maximum atomic E-state index is 11.9. The van der Waals surface area contributed by atoms with Crippen molar-refractivity contribution in [2.45, 2.75) is 13.3 Å². The van der Waals surface area contributed by atoms with Crippen molar-refractivity contribution in [1.82, 2.24) is 5.32 Å². The fourth-order valence-electron chi connectivity index (χ4n) is 2.16. The molecule has 0 fully saturated rings. The highest BCUT2D eigenvalue weighted by Gasteiger charge is 2.10. The molecule has 0 aromatic heterocycles. The molecule has 2 rings (SSSR count). The Morgan fingerprint density at radius 2 is 1.65 bits per heavy atom. The number of rotatable bonds is 7. The predicted molar refractivity (Wildman–Crippen MR) is 99.2 cm³/mol. The molecule has 0 unspecified atom stereocenters. The molecular weight excluding hydrogens is 356 g/mol. The van der Waals surface area contributed by atoms with Crippen molar-refractivity contribution < 1.29 is 19.1 Å². The van der Waals surface area contributed by atoms with Crippen molar-refractivity contribution in [3.63, 3.8) is 0 Å². The lowest BCUT2D eigenvalue weighted by Gasteiger charge is -2.07. The first-order valence-corrected chi connectivity index (χ1v) is 8.38. The van der Waals surface area contributed by atoms with Crippen LogP contribution in [-0.2, 0) is 20.7 Å². The quantitative estimate of drug-likeness (QED) is 0.730. The lowest BCUT2D eigenvalue weighted by Crippen LogP contribution is -2.30. The Morgan fingerprint density at radius 1 is 1.00 bits per heavy atom. The van der Waals surface area contributed by atoms with E-state index in [1.54, 1.807) is 24.3 Å². The predicted octanol–water partition coefficient (Wildman–Crippen LogP) is 2.81. The number of carbonyl (C=O) groups is 3. The summed E-state index contributed by atoms with van der Waals surface area (Å²) in [5.74, 6) is -1.18. The van der Waals surface area contributed by atoms with Gasteiger partial charge < -0.3 is 15.4 Å². The zero-order valence-electron chi connectivity index (χ0n) is 14.3. The van der Waals surface area contributed by atoms with Crippen LogP contribution in [0.15, 0.2) is 48.5 Å². The molecule has 0 spiro atoms. The molecule has 0 aliphatic carbocycles. The van der Waals surface area contributed by atoms with Crippen molar-refractivity contribution in [2.24, 2.45) is 0 Å². The van der Waals surface area contributed by atoms with Crippen LogP contribution < -0.4 is 10.6 Å². The minimum Gasteiger partial charge on any atom is -0.452 e. The molecule has 0 saturated heterocycles. The number of esters is 1. The van der Waals surface area contributed by atoms with E-state index in [1.807, 2.05) is 12.1 Å². The highest BCUT2D eigenvalue weighted by atomic mass is 35.5. The van der Waals surface area contributed by atoms with Crippen molar-refractivity contribution in [3.05, 3.63) is 64.7 Å².